The van der Waals surface area contributed by atoms with Crippen LogP contribution in [0.2, 0.25) is 0 Å². The van der Waals surface area contributed by atoms with Crippen LogP contribution < -0.4 is 0 Å². The summed E-state index contributed by atoms with van der Waals surface area (Å²) in [6, 6.07) is 26.1. The maximum Gasteiger partial charge on any atom is 0.410 e. The molecule has 1 aliphatic rings. The highest BCUT2D eigenvalue weighted by Gasteiger charge is 2.30. The monoisotopic (exact) mass is 401 g/mol. The van der Waals surface area contributed by atoms with Crippen LogP contribution in [0.15, 0.2) is 78.9 Å². The zero-order valence-corrected chi connectivity index (χ0v) is 17.2. The number of carbonyl (C=O) groups excluding carboxylic acids is 1. The summed E-state index contributed by atoms with van der Waals surface area (Å²) < 4.78 is 5.83. The number of amides is 1. The third-order valence-corrected chi connectivity index (χ3v) is 5.89. The number of nitrogens with zero attached hydrogens (tertiary/aromatic N) is 1. The summed E-state index contributed by atoms with van der Waals surface area (Å²) in [6.07, 6.45) is 0.273. The molecule has 1 amide bonds. The van der Waals surface area contributed by atoms with E-state index >= 15 is 0 Å². The van der Waals surface area contributed by atoms with Gasteiger partial charge in [0.2, 0.25) is 0 Å². The first kappa shape index (κ1) is 20.2. The highest BCUT2D eigenvalue weighted by Crippen LogP contribution is 2.44. The van der Waals surface area contributed by atoms with Crippen molar-refractivity contribution < 1.29 is 14.6 Å². The summed E-state index contributed by atoms with van der Waals surface area (Å²) >= 11 is 0. The quantitative estimate of drug-likeness (QED) is 0.591. The molecule has 30 heavy (non-hydrogen) atoms. The van der Waals surface area contributed by atoms with Crippen LogP contribution in [0.5, 0.6) is 0 Å². The number of aliphatic hydroxyl groups is 1. The molecule has 0 saturated carbocycles. The molecule has 1 N–H and O–H groups in total. The SMILES string of the molecule is CC[C@@H](CO)N(Cc1ccccc1)C(=O)OCC1c2ccccc2-c2ccccc21. The zero-order chi connectivity index (χ0) is 20.9. The normalized spacial score (nSPS) is 13.4. The summed E-state index contributed by atoms with van der Waals surface area (Å²) in [5.41, 5.74) is 5.80. The molecule has 0 heterocycles. The molecule has 4 rings (SSSR count). The fourth-order valence-corrected chi connectivity index (χ4v) is 4.25. The molecule has 0 aromatic heterocycles. The second-order valence-corrected chi connectivity index (χ2v) is 7.66. The van der Waals surface area contributed by atoms with Gasteiger partial charge in [0.05, 0.1) is 12.6 Å². The lowest BCUT2D eigenvalue weighted by Crippen LogP contribution is -2.42. The molecule has 4 nitrogen and oxygen atoms in total. The Morgan fingerprint density at radius 1 is 0.933 bits per heavy atom. The van der Waals surface area contributed by atoms with Crippen molar-refractivity contribution >= 4 is 6.09 Å². The summed E-state index contributed by atoms with van der Waals surface area (Å²) in [4.78, 5) is 14.7. The Bertz CT molecular complexity index is 952. The number of rotatable bonds is 7. The summed E-state index contributed by atoms with van der Waals surface area (Å²) in [5, 5.41) is 9.81. The van der Waals surface area contributed by atoms with Crippen LogP contribution in [0.3, 0.4) is 0 Å². The number of ether oxygens (including phenoxy) is 1. The maximum absolute atomic E-state index is 13.1. The number of benzene rings is 3. The van der Waals surface area contributed by atoms with Gasteiger partial charge in [-0.3, -0.25) is 4.90 Å². The molecule has 0 bridgehead atoms. The molecule has 0 aliphatic heterocycles. The van der Waals surface area contributed by atoms with E-state index in [-0.39, 0.29) is 31.3 Å². The van der Waals surface area contributed by atoms with Crippen LogP contribution in [0.25, 0.3) is 11.1 Å². The second-order valence-electron chi connectivity index (χ2n) is 7.66. The van der Waals surface area contributed by atoms with E-state index in [0.717, 1.165) is 5.56 Å². The van der Waals surface area contributed by atoms with Crippen LogP contribution in [0.4, 0.5) is 4.79 Å². The lowest BCUT2D eigenvalue weighted by molar-refractivity contribution is 0.0623. The average molecular weight is 402 g/mol. The third kappa shape index (κ3) is 3.96. The van der Waals surface area contributed by atoms with Crippen molar-refractivity contribution in [2.75, 3.05) is 13.2 Å². The first-order valence-corrected chi connectivity index (χ1v) is 10.5. The van der Waals surface area contributed by atoms with Gasteiger partial charge in [-0.25, -0.2) is 4.79 Å². The molecule has 0 radical (unpaired) electrons. The number of carbonyl (C=O) groups is 1. The van der Waals surface area contributed by atoms with E-state index in [4.69, 9.17) is 4.74 Å². The van der Waals surface area contributed by atoms with Gasteiger partial charge in [-0.15, -0.1) is 0 Å². The largest absolute Gasteiger partial charge is 0.448 e. The highest BCUT2D eigenvalue weighted by molar-refractivity contribution is 5.79. The lowest BCUT2D eigenvalue weighted by atomic mass is 9.98. The molecular formula is C26H27NO3. The Balaban J connectivity index is 1.53. The topological polar surface area (TPSA) is 49.8 Å². The van der Waals surface area contributed by atoms with Crippen LogP contribution in [-0.4, -0.2) is 35.4 Å². The number of hydrogen-bond donors (Lipinski definition) is 1. The summed E-state index contributed by atoms with van der Waals surface area (Å²) in [7, 11) is 0. The Labute approximate surface area is 177 Å². The van der Waals surface area contributed by atoms with E-state index in [9.17, 15) is 9.90 Å². The predicted molar refractivity (Wildman–Crippen MR) is 118 cm³/mol. The molecular weight excluding hydrogens is 374 g/mol. The van der Waals surface area contributed by atoms with Gasteiger partial charge < -0.3 is 9.84 Å². The number of hydrogen-bond acceptors (Lipinski definition) is 3. The molecule has 154 valence electrons. The van der Waals surface area contributed by atoms with Crippen molar-refractivity contribution in [3.05, 3.63) is 95.6 Å². The van der Waals surface area contributed by atoms with Crippen LogP contribution in [0, 0.1) is 0 Å². The Morgan fingerprint density at radius 3 is 2.07 bits per heavy atom. The van der Waals surface area contributed by atoms with E-state index in [2.05, 4.69) is 24.3 Å². The van der Waals surface area contributed by atoms with Gasteiger partial charge in [-0.1, -0.05) is 85.8 Å². The van der Waals surface area contributed by atoms with Crippen LogP contribution in [-0.2, 0) is 11.3 Å². The first-order valence-electron chi connectivity index (χ1n) is 10.5. The Kier molecular flexibility index (Phi) is 6.15. The maximum atomic E-state index is 13.1. The smallest absolute Gasteiger partial charge is 0.410 e. The Hall–Kier alpha value is -3.11. The molecule has 3 aromatic rings. The number of aliphatic hydroxyl groups excluding tert-OH is 1. The minimum atomic E-state index is -0.387. The Morgan fingerprint density at radius 2 is 1.50 bits per heavy atom. The molecule has 0 saturated heterocycles. The molecule has 0 unspecified atom stereocenters. The van der Waals surface area contributed by atoms with Gasteiger partial charge in [-0.2, -0.15) is 0 Å². The molecule has 3 aromatic carbocycles. The second kappa shape index (κ2) is 9.14. The number of fused-ring (bicyclic) bond motifs is 3. The van der Waals surface area contributed by atoms with Gasteiger partial charge in [0, 0.05) is 12.5 Å². The first-order chi connectivity index (χ1) is 14.7. The van der Waals surface area contributed by atoms with Gasteiger partial charge in [0.25, 0.3) is 0 Å². The lowest BCUT2D eigenvalue weighted by Gasteiger charge is -2.30. The van der Waals surface area contributed by atoms with Gasteiger partial charge in [0.15, 0.2) is 0 Å². The van der Waals surface area contributed by atoms with Gasteiger partial charge in [0.1, 0.15) is 6.61 Å². The molecule has 0 spiro atoms. The minimum Gasteiger partial charge on any atom is -0.448 e. The fourth-order valence-electron chi connectivity index (χ4n) is 4.25. The van der Waals surface area contributed by atoms with Crippen molar-refractivity contribution in [1.29, 1.82) is 0 Å². The zero-order valence-electron chi connectivity index (χ0n) is 17.2. The molecule has 4 heteroatoms. The van der Waals surface area contributed by atoms with Crippen molar-refractivity contribution in [1.82, 2.24) is 4.90 Å². The van der Waals surface area contributed by atoms with Gasteiger partial charge >= 0.3 is 6.09 Å². The molecule has 1 aliphatic carbocycles. The third-order valence-electron chi connectivity index (χ3n) is 5.89. The van der Waals surface area contributed by atoms with Crippen LogP contribution >= 0.6 is 0 Å². The average Bonchev–Trinajstić information content (AvgIpc) is 3.12. The van der Waals surface area contributed by atoms with Crippen molar-refractivity contribution in [3.8, 4) is 11.1 Å². The predicted octanol–water partition coefficient (Wildman–Crippen LogP) is 5.21. The molecule has 1 atom stereocenters. The van der Waals surface area contributed by atoms with E-state index in [1.807, 2.05) is 61.5 Å². The van der Waals surface area contributed by atoms with Gasteiger partial charge in [-0.05, 0) is 34.2 Å². The standard InChI is InChI=1S/C26H27NO3/c1-2-20(17-28)27(16-19-10-4-3-5-11-19)26(29)30-18-25-23-14-8-6-12-21(23)22-13-7-9-15-24(22)25/h3-15,20,25,28H,2,16-18H2,1H3/t20-/m0/s1. The van der Waals surface area contributed by atoms with Crippen molar-refractivity contribution in [3.63, 3.8) is 0 Å². The van der Waals surface area contributed by atoms with E-state index in [1.54, 1.807) is 4.90 Å². The summed E-state index contributed by atoms with van der Waals surface area (Å²) in [5.74, 6) is 0.0223. The summed E-state index contributed by atoms with van der Waals surface area (Å²) in [6.45, 7) is 2.57. The minimum absolute atomic E-state index is 0.0223. The fraction of sp³-hybridized carbons (Fsp3) is 0.269. The van der Waals surface area contributed by atoms with Crippen LogP contribution in [0.1, 0.15) is 36.0 Å². The van der Waals surface area contributed by atoms with E-state index < -0.39 is 0 Å². The molecule has 0 fully saturated rings. The van der Waals surface area contributed by atoms with Crippen molar-refractivity contribution in [2.24, 2.45) is 0 Å². The van der Waals surface area contributed by atoms with E-state index in [1.165, 1.54) is 22.3 Å². The highest BCUT2D eigenvalue weighted by atomic mass is 16.6. The van der Waals surface area contributed by atoms with Crippen molar-refractivity contribution in [2.45, 2.75) is 31.8 Å². The van der Waals surface area contributed by atoms with E-state index in [0.29, 0.717) is 13.0 Å².